The van der Waals surface area contributed by atoms with E-state index in [1.165, 1.54) is 35.4 Å². The number of hydrogen-bond acceptors (Lipinski definition) is 23. The second kappa shape index (κ2) is 42.9. The molecule has 27 heteroatoms. The summed E-state index contributed by atoms with van der Waals surface area (Å²) in [6.45, 7) is 25.9. The standard InChI is InChI=1S/C66H113B2N3O20S2/c1-17-22-30-85-57(77)62(11,44-66(26-18-2,55(74)75)42-61(9,10)56(76)89-40-41-92-93-51-25-23-24-27-69-51)43-63(12,58(78)86-31-28-71(15)16)45-67-65(14,60(80)88-38-35-81-29-19-3)46-68-64(13,21-5)59(79)87-39-36-83-33-32-82-34-37-84-54-52(70-48(7)72)53(90-49(8)73)47(6)50(20-4)91-54/h23-25,27,47,50,52-54,67-68H,17-22,26,28-46H2,1-16H3,(H,70,72)(H,74,75)/t47-,50+,52+,53-,54+,62?,63?,64?,65?,66?/m0/s1. The number of aromatic nitrogens is 1. The zero-order valence-corrected chi connectivity index (χ0v) is 60.5. The summed E-state index contributed by atoms with van der Waals surface area (Å²) in [5.41, 5.74) is -6.28. The van der Waals surface area contributed by atoms with Gasteiger partial charge in [0.25, 0.3) is 0 Å². The van der Waals surface area contributed by atoms with E-state index < -0.39 is 92.5 Å². The molecule has 5 unspecified atom stereocenters. The molecule has 23 nitrogen and oxygen atoms in total. The molecule has 0 bridgehead atoms. The first-order valence-corrected chi connectivity index (χ1v) is 35.6. The highest BCUT2D eigenvalue weighted by atomic mass is 33.1. The molecule has 0 aromatic carbocycles. The van der Waals surface area contributed by atoms with Crippen LogP contribution in [0.5, 0.6) is 0 Å². The van der Waals surface area contributed by atoms with Crippen molar-refractivity contribution in [3.63, 3.8) is 0 Å². The smallest absolute Gasteiger partial charge is 0.311 e. The number of amides is 1. The van der Waals surface area contributed by atoms with Crippen molar-refractivity contribution in [3.8, 4) is 0 Å². The predicted octanol–water partition coefficient (Wildman–Crippen LogP) is 9.14. The van der Waals surface area contributed by atoms with Crippen LogP contribution >= 0.6 is 21.6 Å². The quantitative estimate of drug-likeness (QED) is 0.0202. The number of aliphatic carboxylic acids is 1. The van der Waals surface area contributed by atoms with E-state index in [4.69, 9.17) is 52.1 Å². The fourth-order valence-corrected chi connectivity index (χ4v) is 13.3. The van der Waals surface area contributed by atoms with E-state index in [1.54, 1.807) is 47.7 Å². The zero-order chi connectivity index (χ0) is 69.9. The second-order valence-electron chi connectivity index (χ2n) is 26.6. The van der Waals surface area contributed by atoms with Crippen molar-refractivity contribution in [3.05, 3.63) is 24.4 Å². The van der Waals surface area contributed by atoms with Gasteiger partial charge in [0.1, 0.15) is 58.2 Å². The van der Waals surface area contributed by atoms with Crippen LogP contribution in [0.2, 0.25) is 23.3 Å². The molecule has 2 heterocycles. The summed E-state index contributed by atoms with van der Waals surface area (Å²) >= 11 is 0. The Bertz CT molecular complexity index is 2440. The van der Waals surface area contributed by atoms with Crippen molar-refractivity contribution in [1.82, 2.24) is 15.2 Å². The molecule has 1 aliphatic heterocycles. The first kappa shape index (κ1) is 84.6. The lowest BCUT2D eigenvalue weighted by molar-refractivity contribution is -0.255. The van der Waals surface area contributed by atoms with Crippen LogP contribution < -0.4 is 5.32 Å². The van der Waals surface area contributed by atoms with Crippen LogP contribution in [0.1, 0.15) is 161 Å². The van der Waals surface area contributed by atoms with Crippen LogP contribution in [-0.4, -0.2) is 207 Å². The second-order valence-corrected chi connectivity index (χ2v) is 29.0. The topological polar surface area (TPSA) is 286 Å². The van der Waals surface area contributed by atoms with E-state index >= 15 is 0 Å². The van der Waals surface area contributed by atoms with Gasteiger partial charge in [-0.25, -0.2) is 4.98 Å². The largest absolute Gasteiger partial charge is 0.481 e. The highest BCUT2D eigenvalue weighted by Gasteiger charge is 2.56. The number of pyridine rings is 1. The van der Waals surface area contributed by atoms with Crippen molar-refractivity contribution < 1.29 is 95.6 Å². The number of likely N-dealkylation sites (N-methyl/N-ethyl adjacent to an activating group) is 1. The summed E-state index contributed by atoms with van der Waals surface area (Å²) in [6, 6.07) is 4.85. The molecule has 1 aromatic heterocycles. The first-order valence-electron chi connectivity index (χ1n) is 33.3. The average Bonchev–Trinajstić information content (AvgIpc) is 0.777. The Morgan fingerprint density at radius 1 is 0.656 bits per heavy atom. The minimum absolute atomic E-state index is 0.00557. The Kier molecular flexibility index (Phi) is 39.0. The van der Waals surface area contributed by atoms with Gasteiger partial charge < -0.3 is 67.4 Å². The molecule has 2 rings (SSSR count). The highest BCUT2D eigenvalue weighted by Crippen LogP contribution is 2.53. The van der Waals surface area contributed by atoms with Crippen LogP contribution in [0.3, 0.4) is 0 Å². The summed E-state index contributed by atoms with van der Waals surface area (Å²) < 4.78 is 64.4. The monoisotopic (exact) mass is 1350 g/mol. The number of hydrogen-bond donors (Lipinski definition) is 2. The lowest BCUT2D eigenvalue weighted by atomic mass is 9.36. The maximum absolute atomic E-state index is 14.9. The van der Waals surface area contributed by atoms with Gasteiger partial charge in [-0.15, -0.1) is 0 Å². The molecular formula is C66H113B2N3O20S2. The van der Waals surface area contributed by atoms with E-state index in [2.05, 4.69) is 10.3 Å². The number of carbonyl (C=O) groups is 8. The number of esters is 6. The minimum Gasteiger partial charge on any atom is -0.481 e. The Labute approximate surface area is 563 Å². The minimum atomic E-state index is -1.70. The molecule has 1 fully saturated rings. The number of unbranched alkanes of at least 4 members (excludes halogenated alkanes) is 1. The third-order valence-electron chi connectivity index (χ3n) is 17.2. The van der Waals surface area contributed by atoms with Gasteiger partial charge in [0.2, 0.25) is 5.91 Å². The van der Waals surface area contributed by atoms with Crippen molar-refractivity contribution in [2.75, 3.05) is 106 Å². The molecule has 93 heavy (non-hydrogen) atoms. The third kappa shape index (κ3) is 29.4. The molecule has 1 aliphatic rings. The lowest BCUT2D eigenvalue weighted by Crippen LogP contribution is -2.62. The molecule has 0 spiro atoms. The van der Waals surface area contributed by atoms with Crippen molar-refractivity contribution in [1.29, 1.82) is 0 Å². The van der Waals surface area contributed by atoms with E-state index in [0.717, 1.165) is 11.4 Å². The number of nitrogens with one attached hydrogen (secondary N) is 1. The number of nitrogens with zero attached hydrogens (tertiary/aromatic N) is 2. The fraction of sp³-hybridized carbons (Fsp3) is 0.803. The average molecular weight is 1350 g/mol. The molecule has 530 valence electrons. The Morgan fingerprint density at radius 2 is 1.24 bits per heavy atom. The Morgan fingerprint density at radius 3 is 1.80 bits per heavy atom. The molecule has 0 radical (unpaired) electrons. The molecule has 2 N–H and O–H groups in total. The molecule has 1 saturated heterocycles. The van der Waals surface area contributed by atoms with Gasteiger partial charge in [-0.3, -0.25) is 38.4 Å². The first-order chi connectivity index (χ1) is 43.9. The van der Waals surface area contributed by atoms with Crippen LogP contribution in [0.4, 0.5) is 0 Å². The normalized spacial score (nSPS) is 19.8. The lowest BCUT2D eigenvalue weighted by Gasteiger charge is -2.44. The fourth-order valence-electron chi connectivity index (χ4n) is 11.6. The number of rotatable bonds is 50. The highest BCUT2D eigenvalue weighted by molar-refractivity contribution is 8.76. The maximum Gasteiger partial charge on any atom is 0.311 e. The summed E-state index contributed by atoms with van der Waals surface area (Å²) in [5, 5.41) is 12.6. The van der Waals surface area contributed by atoms with Crippen LogP contribution in [0.15, 0.2) is 29.4 Å². The molecule has 0 saturated carbocycles. The van der Waals surface area contributed by atoms with Crippen LogP contribution in [0.25, 0.3) is 0 Å². The zero-order valence-electron chi connectivity index (χ0n) is 58.9. The number of carboxylic acids is 1. The SMILES string of the molecule is CCCCOC(=O)C(C)(CC(C)(CBC(C)(CBC(C)(CC)C(=O)OCCOCCOCCO[C@@H]1O[C@H](CC)[C@H](C)[C@H](OC(C)=O)[C@H]1NC(C)=O)C(=O)OCCOCCC)C(=O)OCCN(C)C)CC(CCC)(CC(C)(C)C(=O)OCCSSc1ccccn1)C(=O)O. The van der Waals surface area contributed by atoms with Gasteiger partial charge in [0.15, 0.2) is 6.29 Å². The predicted molar refractivity (Wildman–Crippen MR) is 361 cm³/mol. The molecule has 10 atom stereocenters. The number of carboxylic acid groups (broad SMARTS) is 1. The summed E-state index contributed by atoms with van der Waals surface area (Å²) in [5.74, 6) is -4.82. The molecule has 0 aliphatic carbocycles. The number of carbonyl (C=O) groups excluding carboxylic acids is 7. The van der Waals surface area contributed by atoms with Gasteiger partial charge in [0.05, 0.1) is 74.0 Å². The summed E-state index contributed by atoms with van der Waals surface area (Å²) in [6.07, 6.45) is 2.61. The molecular weight excluding hydrogens is 1240 g/mol. The molecule has 1 aromatic rings. The maximum atomic E-state index is 14.9. The van der Waals surface area contributed by atoms with Gasteiger partial charge in [0, 0.05) is 55.5 Å². The summed E-state index contributed by atoms with van der Waals surface area (Å²) in [4.78, 5) is 117. The van der Waals surface area contributed by atoms with Crippen LogP contribution in [-0.2, 0) is 90.5 Å². The van der Waals surface area contributed by atoms with E-state index in [-0.39, 0.29) is 143 Å². The van der Waals surface area contributed by atoms with Crippen molar-refractivity contribution >= 4 is 83.8 Å². The third-order valence-corrected chi connectivity index (χ3v) is 19.4. The number of ether oxygens (including phenoxy) is 11. The Hall–Kier alpha value is -4.50. The van der Waals surface area contributed by atoms with E-state index in [1.807, 2.05) is 78.7 Å². The van der Waals surface area contributed by atoms with Crippen LogP contribution in [0, 0.1) is 27.6 Å². The summed E-state index contributed by atoms with van der Waals surface area (Å²) in [7, 11) is 6.75. The Balaban J connectivity index is 2.40. The van der Waals surface area contributed by atoms with Gasteiger partial charge in [-0.05, 0) is 116 Å². The van der Waals surface area contributed by atoms with E-state index in [0.29, 0.717) is 51.0 Å². The van der Waals surface area contributed by atoms with Crippen molar-refractivity contribution in [2.24, 2.45) is 27.6 Å². The van der Waals surface area contributed by atoms with Gasteiger partial charge in [-0.1, -0.05) is 97.7 Å². The molecule has 1 amide bonds. The van der Waals surface area contributed by atoms with E-state index in [9.17, 15) is 43.5 Å². The van der Waals surface area contributed by atoms with Crippen molar-refractivity contribution in [2.45, 2.75) is 214 Å². The van der Waals surface area contributed by atoms with Gasteiger partial charge >= 0.3 is 41.8 Å². The van der Waals surface area contributed by atoms with Gasteiger partial charge in [-0.2, -0.15) is 0 Å².